The number of rotatable bonds is 6. The van der Waals surface area contributed by atoms with E-state index < -0.39 is 21.2 Å². The van der Waals surface area contributed by atoms with Gasteiger partial charge in [-0.25, -0.2) is 4.21 Å². The lowest BCUT2D eigenvalue weighted by Crippen LogP contribution is -2.11. The molecule has 6 nitrogen and oxygen atoms in total. The minimum absolute atomic E-state index is 0.0252. The number of benzene rings is 1. The van der Waals surface area contributed by atoms with E-state index in [0.717, 1.165) is 0 Å². The van der Waals surface area contributed by atoms with Crippen molar-refractivity contribution in [2.24, 2.45) is 0 Å². The SMILES string of the molecule is Cc1cc(NCS(=O)OCCl)ccc1S(=O)(=O)O. The molecule has 0 saturated heterocycles. The van der Waals surface area contributed by atoms with Crippen LogP contribution in [0.3, 0.4) is 0 Å². The van der Waals surface area contributed by atoms with E-state index >= 15 is 0 Å². The van der Waals surface area contributed by atoms with Crippen LogP contribution in [0.4, 0.5) is 5.69 Å². The molecular formula is C9H12ClNO5S2. The van der Waals surface area contributed by atoms with Gasteiger partial charge >= 0.3 is 0 Å². The highest BCUT2D eigenvalue weighted by Crippen LogP contribution is 2.19. The second kappa shape index (κ2) is 6.48. The van der Waals surface area contributed by atoms with Crippen molar-refractivity contribution in [3.05, 3.63) is 23.8 Å². The Kier molecular flexibility index (Phi) is 5.54. The smallest absolute Gasteiger partial charge is 0.294 e. The van der Waals surface area contributed by atoms with Crippen LogP contribution < -0.4 is 5.32 Å². The number of aryl methyl sites for hydroxylation is 1. The fourth-order valence-corrected chi connectivity index (χ4v) is 2.75. The van der Waals surface area contributed by atoms with Crippen molar-refractivity contribution in [3.63, 3.8) is 0 Å². The molecule has 0 heterocycles. The minimum atomic E-state index is -4.22. The Morgan fingerprint density at radius 2 is 2.17 bits per heavy atom. The number of hydrogen-bond acceptors (Lipinski definition) is 5. The van der Waals surface area contributed by atoms with Crippen molar-refractivity contribution >= 4 is 38.5 Å². The van der Waals surface area contributed by atoms with Crippen LogP contribution in [-0.2, 0) is 25.4 Å². The zero-order chi connectivity index (χ0) is 13.8. The van der Waals surface area contributed by atoms with Crippen LogP contribution in [0.1, 0.15) is 5.56 Å². The molecule has 1 atom stereocenters. The molecule has 102 valence electrons. The molecule has 1 aromatic carbocycles. The van der Waals surface area contributed by atoms with Crippen molar-refractivity contribution in [1.82, 2.24) is 0 Å². The highest BCUT2D eigenvalue weighted by Gasteiger charge is 2.13. The Morgan fingerprint density at radius 3 is 2.67 bits per heavy atom. The summed E-state index contributed by atoms with van der Waals surface area (Å²) in [5, 5.41) is 2.79. The van der Waals surface area contributed by atoms with E-state index in [-0.39, 0.29) is 16.8 Å². The molecule has 1 aromatic rings. The average Bonchev–Trinajstić information content (AvgIpc) is 2.25. The Balaban J connectivity index is 2.77. The summed E-state index contributed by atoms with van der Waals surface area (Å²) in [4.78, 5) is -0.161. The summed E-state index contributed by atoms with van der Waals surface area (Å²) in [6.07, 6.45) is 0. The first-order valence-corrected chi connectivity index (χ1v) is 7.96. The fourth-order valence-electron chi connectivity index (χ4n) is 1.28. The maximum atomic E-state index is 11.1. The second-order valence-electron chi connectivity index (χ2n) is 3.31. The zero-order valence-electron chi connectivity index (χ0n) is 9.42. The third-order valence-corrected chi connectivity index (χ3v) is 4.04. The van der Waals surface area contributed by atoms with Crippen LogP contribution in [0, 0.1) is 6.92 Å². The van der Waals surface area contributed by atoms with Crippen molar-refractivity contribution < 1.29 is 21.4 Å². The molecule has 1 unspecified atom stereocenters. The third kappa shape index (κ3) is 4.54. The molecular weight excluding hydrogens is 302 g/mol. The highest BCUT2D eigenvalue weighted by atomic mass is 35.5. The molecule has 0 aromatic heterocycles. The largest absolute Gasteiger partial charge is 0.372 e. The Hall–Kier alpha value is -0.670. The topological polar surface area (TPSA) is 92.7 Å². The zero-order valence-corrected chi connectivity index (χ0v) is 11.8. The van der Waals surface area contributed by atoms with Crippen LogP contribution in [0.15, 0.2) is 23.1 Å². The molecule has 0 aliphatic heterocycles. The van der Waals surface area contributed by atoms with Crippen LogP contribution in [0.2, 0.25) is 0 Å². The molecule has 0 bridgehead atoms. The first-order chi connectivity index (χ1) is 8.34. The van der Waals surface area contributed by atoms with Gasteiger partial charge in [0.1, 0.15) is 11.9 Å². The predicted molar refractivity (Wildman–Crippen MR) is 69.4 cm³/mol. The van der Waals surface area contributed by atoms with E-state index in [1.165, 1.54) is 18.2 Å². The van der Waals surface area contributed by atoms with Crippen molar-refractivity contribution in [2.75, 3.05) is 17.3 Å². The number of nitrogens with one attached hydrogen (secondary N) is 1. The van der Waals surface area contributed by atoms with Gasteiger partial charge in [-0.15, -0.1) is 0 Å². The summed E-state index contributed by atoms with van der Waals surface area (Å²) in [7, 11) is -4.22. The minimum Gasteiger partial charge on any atom is -0.372 e. The van der Waals surface area contributed by atoms with Gasteiger partial charge in [-0.1, -0.05) is 11.6 Å². The Labute approximate surface area is 113 Å². The Morgan fingerprint density at radius 1 is 1.50 bits per heavy atom. The van der Waals surface area contributed by atoms with Crippen LogP contribution >= 0.6 is 11.6 Å². The van der Waals surface area contributed by atoms with Gasteiger partial charge in [0.25, 0.3) is 10.1 Å². The molecule has 0 amide bonds. The maximum Gasteiger partial charge on any atom is 0.294 e. The molecule has 0 aliphatic rings. The summed E-state index contributed by atoms with van der Waals surface area (Å²) in [5.41, 5.74) is 0.943. The van der Waals surface area contributed by atoms with E-state index in [0.29, 0.717) is 11.3 Å². The van der Waals surface area contributed by atoms with Crippen molar-refractivity contribution in [2.45, 2.75) is 11.8 Å². The van der Waals surface area contributed by atoms with Gasteiger partial charge in [0.2, 0.25) is 0 Å². The predicted octanol–water partition coefficient (Wildman–Crippen LogP) is 1.49. The van der Waals surface area contributed by atoms with Gasteiger partial charge in [-0.05, 0) is 30.7 Å². The standard InChI is InChI=1S/C9H12ClNO5S2/c1-7-4-8(11-6-17(12)16-5-10)2-3-9(7)18(13,14)15/h2-4,11H,5-6H2,1H3,(H,13,14,15). The van der Waals surface area contributed by atoms with Crippen LogP contribution in [0.5, 0.6) is 0 Å². The Bertz CT molecular complexity index is 546. The van der Waals surface area contributed by atoms with Crippen LogP contribution in [-0.4, -0.2) is 29.1 Å². The molecule has 18 heavy (non-hydrogen) atoms. The molecule has 0 spiro atoms. The first-order valence-electron chi connectivity index (χ1n) is 4.74. The number of alkyl halides is 1. The fraction of sp³-hybridized carbons (Fsp3) is 0.333. The normalized spacial score (nSPS) is 13.3. The van der Waals surface area contributed by atoms with Gasteiger partial charge < -0.3 is 5.32 Å². The highest BCUT2D eigenvalue weighted by molar-refractivity contribution is 7.85. The summed E-state index contributed by atoms with van der Waals surface area (Å²) < 4.78 is 46.6. The van der Waals surface area contributed by atoms with Crippen molar-refractivity contribution in [1.29, 1.82) is 0 Å². The maximum absolute atomic E-state index is 11.1. The lowest BCUT2D eigenvalue weighted by atomic mass is 10.2. The van der Waals surface area contributed by atoms with Gasteiger partial charge in [-0.2, -0.15) is 8.42 Å². The lowest BCUT2D eigenvalue weighted by Gasteiger charge is -2.08. The number of halogens is 1. The van der Waals surface area contributed by atoms with E-state index in [4.69, 9.17) is 16.2 Å². The lowest BCUT2D eigenvalue weighted by molar-refractivity contribution is 0.421. The van der Waals surface area contributed by atoms with E-state index in [1.807, 2.05) is 0 Å². The molecule has 0 aliphatic carbocycles. The van der Waals surface area contributed by atoms with Gasteiger partial charge in [0, 0.05) is 5.69 Å². The van der Waals surface area contributed by atoms with E-state index in [1.54, 1.807) is 6.92 Å². The van der Waals surface area contributed by atoms with E-state index in [2.05, 4.69) is 9.50 Å². The van der Waals surface area contributed by atoms with Gasteiger partial charge in [0.15, 0.2) is 11.1 Å². The first kappa shape index (κ1) is 15.4. The van der Waals surface area contributed by atoms with Gasteiger partial charge in [-0.3, -0.25) is 8.74 Å². The number of hydrogen-bond donors (Lipinski definition) is 2. The molecule has 1 rings (SSSR count). The summed E-state index contributed by atoms with van der Waals surface area (Å²) in [5.74, 6) is 0.0252. The van der Waals surface area contributed by atoms with Crippen LogP contribution in [0.25, 0.3) is 0 Å². The summed E-state index contributed by atoms with van der Waals surface area (Å²) in [6.45, 7) is 1.54. The quantitative estimate of drug-likeness (QED) is 0.610. The molecule has 0 fully saturated rings. The average molecular weight is 314 g/mol. The third-order valence-electron chi connectivity index (χ3n) is 2.02. The van der Waals surface area contributed by atoms with E-state index in [9.17, 15) is 12.6 Å². The second-order valence-corrected chi connectivity index (χ2v) is 6.05. The van der Waals surface area contributed by atoms with Crippen molar-refractivity contribution in [3.8, 4) is 0 Å². The summed E-state index contributed by atoms with van der Waals surface area (Å²) >= 11 is 3.68. The molecule has 9 heteroatoms. The molecule has 2 N–H and O–H groups in total. The molecule has 0 saturated carbocycles. The summed E-state index contributed by atoms with van der Waals surface area (Å²) in [6, 6.07) is 4.06. The monoisotopic (exact) mass is 313 g/mol. The molecule has 0 radical (unpaired) electrons. The van der Waals surface area contributed by atoms with Gasteiger partial charge in [0.05, 0.1) is 4.90 Å². The number of anilines is 1.